The summed E-state index contributed by atoms with van der Waals surface area (Å²) in [4.78, 5) is 0. The van der Waals surface area contributed by atoms with E-state index in [2.05, 4.69) is 36.5 Å². The van der Waals surface area contributed by atoms with Gasteiger partial charge in [0.2, 0.25) is 0 Å². The van der Waals surface area contributed by atoms with E-state index in [1.165, 1.54) is 16.7 Å². The molecule has 0 saturated heterocycles. The number of nitrogens with one attached hydrogen (secondary N) is 1. The Morgan fingerprint density at radius 2 is 1.90 bits per heavy atom. The van der Waals surface area contributed by atoms with Crippen molar-refractivity contribution in [1.82, 2.24) is 5.32 Å². The molecule has 0 fully saturated rings. The van der Waals surface area contributed by atoms with Gasteiger partial charge in [-0.1, -0.05) is 43.3 Å². The molecule has 0 radical (unpaired) electrons. The highest BCUT2D eigenvalue weighted by Gasteiger charge is 2.30. The van der Waals surface area contributed by atoms with Gasteiger partial charge in [-0.2, -0.15) is 0 Å². The van der Waals surface area contributed by atoms with Gasteiger partial charge in [-0.25, -0.2) is 4.39 Å². The average molecular weight is 283 g/mol. The van der Waals surface area contributed by atoms with Crippen LogP contribution in [-0.4, -0.2) is 6.54 Å². The SMILES string of the molecule is CCCNC(c1ccc(F)cc1)C1CCc2ccccc21. The zero-order valence-electron chi connectivity index (χ0n) is 12.5. The molecule has 0 aliphatic heterocycles. The summed E-state index contributed by atoms with van der Waals surface area (Å²) in [6.45, 7) is 3.16. The van der Waals surface area contributed by atoms with Gasteiger partial charge in [-0.05, 0) is 54.6 Å². The summed E-state index contributed by atoms with van der Waals surface area (Å²) >= 11 is 0. The normalized spacial score (nSPS) is 18.5. The molecule has 0 heterocycles. The summed E-state index contributed by atoms with van der Waals surface area (Å²) in [6, 6.07) is 16.0. The van der Waals surface area contributed by atoms with Crippen LogP contribution in [0.15, 0.2) is 48.5 Å². The summed E-state index contributed by atoms with van der Waals surface area (Å²) in [5.74, 6) is 0.318. The molecule has 0 aromatic heterocycles. The lowest BCUT2D eigenvalue weighted by Gasteiger charge is -2.26. The first kappa shape index (κ1) is 14.3. The van der Waals surface area contributed by atoms with E-state index in [1.807, 2.05) is 12.1 Å². The molecular formula is C19H22FN. The van der Waals surface area contributed by atoms with Crippen LogP contribution in [0.2, 0.25) is 0 Å². The highest BCUT2D eigenvalue weighted by molar-refractivity contribution is 5.38. The molecule has 2 atom stereocenters. The second kappa shape index (κ2) is 6.40. The summed E-state index contributed by atoms with van der Waals surface area (Å²) in [7, 11) is 0. The molecule has 1 aliphatic carbocycles. The van der Waals surface area contributed by atoms with Crippen LogP contribution in [0, 0.1) is 5.82 Å². The molecule has 0 spiro atoms. The van der Waals surface area contributed by atoms with Crippen LogP contribution in [0.4, 0.5) is 4.39 Å². The van der Waals surface area contributed by atoms with Crippen molar-refractivity contribution in [3.05, 3.63) is 71.0 Å². The molecule has 1 nitrogen and oxygen atoms in total. The van der Waals surface area contributed by atoms with E-state index in [9.17, 15) is 4.39 Å². The van der Waals surface area contributed by atoms with Crippen molar-refractivity contribution in [3.8, 4) is 0 Å². The molecule has 0 bridgehead atoms. The Bertz CT molecular complexity index is 591. The Labute approximate surface area is 126 Å². The smallest absolute Gasteiger partial charge is 0.123 e. The molecule has 2 aromatic rings. The van der Waals surface area contributed by atoms with Gasteiger partial charge in [0.05, 0.1) is 0 Å². The van der Waals surface area contributed by atoms with E-state index in [-0.39, 0.29) is 11.9 Å². The van der Waals surface area contributed by atoms with Crippen molar-refractivity contribution in [2.75, 3.05) is 6.54 Å². The predicted molar refractivity (Wildman–Crippen MR) is 84.9 cm³/mol. The first-order chi connectivity index (χ1) is 10.3. The number of aryl methyl sites for hydroxylation is 1. The third kappa shape index (κ3) is 3.01. The molecule has 2 unspecified atom stereocenters. The summed E-state index contributed by atoms with van der Waals surface area (Å²) in [6.07, 6.45) is 3.41. The largest absolute Gasteiger partial charge is 0.309 e. The van der Waals surface area contributed by atoms with Gasteiger partial charge in [0.25, 0.3) is 0 Å². The van der Waals surface area contributed by atoms with Crippen LogP contribution in [0.5, 0.6) is 0 Å². The standard InChI is InChI=1S/C19H22FN/c1-2-13-21-19(15-7-10-16(20)11-8-15)18-12-9-14-5-3-4-6-17(14)18/h3-8,10-11,18-19,21H,2,9,12-13H2,1H3. The Balaban J connectivity index is 1.91. The van der Waals surface area contributed by atoms with Gasteiger partial charge in [0.15, 0.2) is 0 Å². The minimum Gasteiger partial charge on any atom is -0.309 e. The van der Waals surface area contributed by atoms with E-state index >= 15 is 0 Å². The number of halogens is 1. The molecule has 110 valence electrons. The van der Waals surface area contributed by atoms with Crippen molar-refractivity contribution < 1.29 is 4.39 Å². The van der Waals surface area contributed by atoms with Gasteiger partial charge in [-0.15, -0.1) is 0 Å². The Morgan fingerprint density at radius 3 is 2.67 bits per heavy atom. The van der Waals surface area contributed by atoms with Gasteiger partial charge in [0, 0.05) is 12.0 Å². The summed E-state index contributed by atoms with van der Waals surface area (Å²) in [5, 5.41) is 3.67. The van der Waals surface area contributed by atoms with E-state index < -0.39 is 0 Å². The van der Waals surface area contributed by atoms with E-state index in [1.54, 1.807) is 12.1 Å². The fourth-order valence-electron chi connectivity index (χ4n) is 3.40. The quantitative estimate of drug-likeness (QED) is 0.846. The molecule has 2 aromatic carbocycles. The van der Waals surface area contributed by atoms with Crippen molar-refractivity contribution in [3.63, 3.8) is 0 Å². The van der Waals surface area contributed by atoms with Crippen molar-refractivity contribution in [2.45, 2.75) is 38.1 Å². The first-order valence-corrected chi connectivity index (χ1v) is 7.86. The molecule has 21 heavy (non-hydrogen) atoms. The number of hydrogen-bond donors (Lipinski definition) is 1. The lowest BCUT2D eigenvalue weighted by atomic mass is 9.88. The molecule has 0 saturated carbocycles. The first-order valence-electron chi connectivity index (χ1n) is 7.86. The predicted octanol–water partition coefficient (Wildman–Crippen LogP) is 4.60. The maximum absolute atomic E-state index is 13.2. The van der Waals surface area contributed by atoms with Crippen molar-refractivity contribution in [2.24, 2.45) is 0 Å². The fourth-order valence-corrected chi connectivity index (χ4v) is 3.40. The van der Waals surface area contributed by atoms with E-state index in [4.69, 9.17) is 0 Å². The third-order valence-electron chi connectivity index (χ3n) is 4.42. The van der Waals surface area contributed by atoms with Crippen LogP contribution in [0.1, 0.15) is 48.4 Å². The number of hydrogen-bond acceptors (Lipinski definition) is 1. The van der Waals surface area contributed by atoms with Crippen molar-refractivity contribution in [1.29, 1.82) is 0 Å². The molecule has 0 amide bonds. The van der Waals surface area contributed by atoms with E-state index in [0.29, 0.717) is 5.92 Å². The second-order valence-corrected chi connectivity index (χ2v) is 5.83. The fraction of sp³-hybridized carbons (Fsp3) is 0.368. The number of benzene rings is 2. The third-order valence-corrected chi connectivity index (χ3v) is 4.42. The van der Waals surface area contributed by atoms with Gasteiger partial charge < -0.3 is 5.32 Å². The maximum Gasteiger partial charge on any atom is 0.123 e. The van der Waals surface area contributed by atoms with Gasteiger partial charge in [0.1, 0.15) is 5.82 Å². The zero-order chi connectivity index (χ0) is 14.7. The average Bonchev–Trinajstić information content (AvgIpc) is 2.93. The minimum absolute atomic E-state index is 0.167. The number of rotatable bonds is 5. The maximum atomic E-state index is 13.2. The van der Waals surface area contributed by atoms with Crippen LogP contribution in [0.3, 0.4) is 0 Å². The monoisotopic (exact) mass is 283 g/mol. The Hall–Kier alpha value is -1.67. The van der Waals surface area contributed by atoms with Crippen LogP contribution in [0.25, 0.3) is 0 Å². The topological polar surface area (TPSA) is 12.0 Å². The minimum atomic E-state index is -0.167. The highest BCUT2D eigenvalue weighted by Crippen LogP contribution is 2.41. The van der Waals surface area contributed by atoms with Crippen LogP contribution >= 0.6 is 0 Å². The summed E-state index contributed by atoms with van der Waals surface area (Å²) in [5.41, 5.74) is 4.11. The van der Waals surface area contributed by atoms with Crippen molar-refractivity contribution >= 4 is 0 Å². The molecular weight excluding hydrogens is 261 g/mol. The summed E-state index contributed by atoms with van der Waals surface area (Å²) < 4.78 is 13.2. The zero-order valence-corrected chi connectivity index (χ0v) is 12.5. The molecule has 1 aliphatic rings. The Morgan fingerprint density at radius 1 is 1.14 bits per heavy atom. The molecule has 2 heteroatoms. The van der Waals surface area contributed by atoms with Gasteiger partial charge >= 0.3 is 0 Å². The van der Waals surface area contributed by atoms with E-state index in [0.717, 1.165) is 25.8 Å². The molecule has 1 N–H and O–H groups in total. The van der Waals surface area contributed by atoms with Crippen LogP contribution < -0.4 is 5.32 Å². The second-order valence-electron chi connectivity index (χ2n) is 5.83. The van der Waals surface area contributed by atoms with Crippen LogP contribution in [-0.2, 0) is 6.42 Å². The Kier molecular flexibility index (Phi) is 4.35. The molecule has 3 rings (SSSR count). The highest BCUT2D eigenvalue weighted by atomic mass is 19.1. The number of fused-ring (bicyclic) bond motifs is 1. The lowest BCUT2D eigenvalue weighted by Crippen LogP contribution is -2.27. The van der Waals surface area contributed by atoms with Gasteiger partial charge in [-0.3, -0.25) is 0 Å². The lowest BCUT2D eigenvalue weighted by molar-refractivity contribution is 0.442.